The van der Waals surface area contributed by atoms with Crippen LogP contribution in [-0.2, 0) is 4.79 Å². The van der Waals surface area contributed by atoms with Crippen LogP contribution in [0.5, 0.6) is 11.6 Å². The molecule has 2 aliphatic rings. The number of pyridine rings is 1. The number of aromatic nitrogens is 3. The maximum absolute atomic E-state index is 12.5. The minimum absolute atomic E-state index is 0.00805. The van der Waals surface area contributed by atoms with Gasteiger partial charge < -0.3 is 25.0 Å². The molecule has 4 rings (SSSR count). The molecule has 9 nitrogen and oxygen atoms in total. The first kappa shape index (κ1) is 21.1. The Balaban J connectivity index is 1.34. The van der Waals surface area contributed by atoms with Crippen LogP contribution in [0.2, 0.25) is 0 Å². The van der Waals surface area contributed by atoms with Gasteiger partial charge in [0.15, 0.2) is 5.82 Å². The van der Waals surface area contributed by atoms with Crippen molar-refractivity contribution in [2.75, 3.05) is 36.3 Å². The number of carbonyl (C=O) groups excluding carboxylic acids is 1. The van der Waals surface area contributed by atoms with E-state index < -0.39 is 0 Å². The number of ether oxygens (including phenoxy) is 2. The van der Waals surface area contributed by atoms with Gasteiger partial charge in [0.2, 0.25) is 17.7 Å². The summed E-state index contributed by atoms with van der Waals surface area (Å²) in [7, 11) is 3.51. The monoisotopic (exact) mass is 426 g/mol. The zero-order valence-electron chi connectivity index (χ0n) is 18.7. The Bertz CT molecular complexity index is 943. The van der Waals surface area contributed by atoms with Crippen molar-refractivity contribution < 1.29 is 14.3 Å². The molecule has 3 heterocycles. The zero-order chi connectivity index (χ0) is 22.1. The van der Waals surface area contributed by atoms with Crippen molar-refractivity contribution in [1.29, 1.82) is 0 Å². The summed E-state index contributed by atoms with van der Waals surface area (Å²) in [5.41, 5.74) is 1.46. The molecule has 2 aromatic heterocycles. The number of hydrogen-bond acceptors (Lipinski definition) is 8. The van der Waals surface area contributed by atoms with Crippen LogP contribution in [0.25, 0.3) is 0 Å². The summed E-state index contributed by atoms with van der Waals surface area (Å²) >= 11 is 0. The number of methoxy groups -OCH3 is 1. The first-order valence-corrected chi connectivity index (χ1v) is 10.7. The summed E-state index contributed by atoms with van der Waals surface area (Å²) in [6.07, 6.45) is 3.66. The van der Waals surface area contributed by atoms with E-state index in [0.29, 0.717) is 36.1 Å². The number of fused-ring (bicyclic) bond motifs is 1. The lowest BCUT2D eigenvalue weighted by atomic mass is 9.81. The highest BCUT2D eigenvalue weighted by Gasteiger charge is 2.36. The molecule has 1 fully saturated rings. The summed E-state index contributed by atoms with van der Waals surface area (Å²) in [6.45, 7) is 6.63. The maximum Gasteiger partial charge on any atom is 0.247 e. The fraction of sp³-hybridized carbons (Fsp3) is 0.545. The first-order chi connectivity index (χ1) is 14.9. The lowest BCUT2D eigenvalue weighted by Gasteiger charge is -2.38. The first-order valence-electron chi connectivity index (χ1n) is 10.7. The molecule has 9 heteroatoms. The van der Waals surface area contributed by atoms with Crippen molar-refractivity contribution in [3.8, 4) is 11.6 Å². The number of aryl methyl sites for hydroxylation is 1. The minimum atomic E-state index is -0.243. The molecule has 2 N–H and O–H groups in total. The van der Waals surface area contributed by atoms with Crippen molar-refractivity contribution in [3.63, 3.8) is 0 Å². The van der Waals surface area contributed by atoms with Gasteiger partial charge in [0, 0.05) is 19.2 Å². The Morgan fingerprint density at radius 1 is 1.29 bits per heavy atom. The van der Waals surface area contributed by atoms with Crippen LogP contribution in [-0.4, -0.2) is 53.7 Å². The highest BCUT2D eigenvalue weighted by molar-refractivity contribution is 6.03. The summed E-state index contributed by atoms with van der Waals surface area (Å²) in [6, 6.07) is 3.72. The minimum Gasteiger partial charge on any atom is -0.492 e. The number of nitrogens with zero attached hydrogens (tertiary/aromatic N) is 4. The predicted octanol–water partition coefficient (Wildman–Crippen LogP) is 2.87. The third-order valence-electron chi connectivity index (χ3n) is 5.94. The van der Waals surface area contributed by atoms with Gasteiger partial charge >= 0.3 is 0 Å². The second kappa shape index (κ2) is 8.56. The molecular weight excluding hydrogens is 396 g/mol. The van der Waals surface area contributed by atoms with Crippen LogP contribution in [0.15, 0.2) is 18.3 Å². The smallest absolute Gasteiger partial charge is 0.247 e. The number of amides is 1. The third kappa shape index (κ3) is 4.35. The summed E-state index contributed by atoms with van der Waals surface area (Å²) in [4.78, 5) is 27.9. The molecule has 0 saturated heterocycles. The molecule has 1 aliphatic heterocycles. The quantitative estimate of drug-likeness (QED) is 0.697. The SMILES string of the molecule is COc1ccc(OC[C@H]2C[C@@H](Nc3nc(C)c4c(n3)N(C)[C@@H](C(C)C)C(=O)N4)C2)cn1. The molecule has 2 aromatic rings. The molecule has 1 aliphatic carbocycles. The molecular formula is C22H30N6O3. The van der Waals surface area contributed by atoms with E-state index in [1.807, 2.05) is 38.8 Å². The molecule has 0 radical (unpaired) electrons. The highest BCUT2D eigenvalue weighted by Crippen LogP contribution is 2.35. The van der Waals surface area contributed by atoms with Crippen LogP contribution in [0.1, 0.15) is 32.4 Å². The van der Waals surface area contributed by atoms with E-state index in [1.165, 1.54) is 0 Å². The van der Waals surface area contributed by atoms with E-state index >= 15 is 0 Å². The van der Waals surface area contributed by atoms with Crippen LogP contribution in [0.3, 0.4) is 0 Å². The van der Waals surface area contributed by atoms with Gasteiger partial charge in [-0.25, -0.2) is 9.97 Å². The van der Waals surface area contributed by atoms with Gasteiger partial charge in [-0.15, -0.1) is 0 Å². The van der Waals surface area contributed by atoms with Gasteiger partial charge in [0.25, 0.3) is 0 Å². The van der Waals surface area contributed by atoms with Crippen molar-refractivity contribution >= 4 is 23.4 Å². The van der Waals surface area contributed by atoms with Crippen LogP contribution in [0.4, 0.5) is 17.5 Å². The Morgan fingerprint density at radius 2 is 2.06 bits per heavy atom. The van der Waals surface area contributed by atoms with Gasteiger partial charge in [-0.3, -0.25) is 4.79 Å². The van der Waals surface area contributed by atoms with E-state index in [9.17, 15) is 4.79 Å². The van der Waals surface area contributed by atoms with Crippen LogP contribution >= 0.6 is 0 Å². The Hall–Kier alpha value is -3.10. The van der Waals surface area contributed by atoms with E-state index in [0.717, 1.165) is 30.1 Å². The fourth-order valence-electron chi connectivity index (χ4n) is 4.24. The number of likely N-dealkylation sites (N-methyl/N-ethyl adjacent to an activating group) is 1. The van der Waals surface area contributed by atoms with E-state index in [-0.39, 0.29) is 17.9 Å². The van der Waals surface area contributed by atoms with Gasteiger partial charge in [0.1, 0.15) is 17.5 Å². The standard InChI is InChI=1S/C22H30N6O3/c1-12(2)19-21(29)26-18-13(3)24-22(27-20(18)28(19)4)25-15-8-14(9-15)11-31-16-6-7-17(30-5)23-10-16/h6-7,10,12,14-15,19H,8-9,11H2,1-5H3,(H,26,29)(H,24,25,27)/t14-,15+,19-/m0/s1. The molecule has 31 heavy (non-hydrogen) atoms. The number of hydrogen-bond donors (Lipinski definition) is 2. The lowest BCUT2D eigenvalue weighted by Crippen LogP contribution is -2.50. The molecule has 166 valence electrons. The average Bonchev–Trinajstić information content (AvgIpc) is 2.70. The molecule has 0 aromatic carbocycles. The highest BCUT2D eigenvalue weighted by atomic mass is 16.5. The van der Waals surface area contributed by atoms with Gasteiger partial charge in [-0.2, -0.15) is 4.98 Å². The van der Waals surface area contributed by atoms with Gasteiger partial charge in [-0.05, 0) is 37.7 Å². The normalized spacial score (nSPS) is 22.5. The molecule has 1 atom stereocenters. The Labute approximate surface area is 182 Å². The number of nitrogens with one attached hydrogen (secondary N) is 2. The molecule has 0 unspecified atom stereocenters. The molecule has 0 bridgehead atoms. The predicted molar refractivity (Wildman–Crippen MR) is 119 cm³/mol. The molecule has 1 amide bonds. The second-order valence-electron chi connectivity index (χ2n) is 8.65. The van der Waals surface area contributed by atoms with Crippen molar-refractivity contribution in [3.05, 3.63) is 24.0 Å². The molecule has 0 spiro atoms. The van der Waals surface area contributed by atoms with Crippen molar-refractivity contribution in [1.82, 2.24) is 15.0 Å². The Kier molecular flexibility index (Phi) is 5.84. The van der Waals surface area contributed by atoms with Crippen LogP contribution < -0.4 is 25.0 Å². The van der Waals surface area contributed by atoms with E-state index in [4.69, 9.17) is 14.5 Å². The fourth-order valence-corrected chi connectivity index (χ4v) is 4.24. The van der Waals surface area contributed by atoms with Gasteiger partial charge in [0.05, 0.1) is 25.6 Å². The number of carbonyl (C=O) groups is 1. The number of anilines is 3. The number of rotatable bonds is 7. The topological polar surface area (TPSA) is 102 Å². The van der Waals surface area contributed by atoms with Gasteiger partial charge in [-0.1, -0.05) is 13.8 Å². The second-order valence-corrected chi connectivity index (χ2v) is 8.65. The van der Waals surface area contributed by atoms with E-state index in [1.54, 1.807) is 19.4 Å². The third-order valence-corrected chi connectivity index (χ3v) is 5.94. The largest absolute Gasteiger partial charge is 0.492 e. The summed E-state index contributed by atoms with van der Waals surface area (Å²) < 4.78 is 10.9. The average molecular weight is 427 g/mol. The summed E-state index contributed by atoms with van der Waals surface area (Å²) in [5.74, 6) is 3.33. The van der Waals surface area contributed by atoms with E-state index in [2.05, 4.69) is 20.6 Å². The van der Waals surface area contributed by atoms with Crippen LogP contribution in [0, 0.1) is 18.8 Å². The lowest BCUT2D eigenvalue weighted by molar-refractivity contribution is -0.118. The summed E-state index contributed by atoms with van der Waals surface area (Å²) in [5, 5.41) is 6.42. The Morgan fingerprint density at radius 3 is 2.71 bits per heavy atom. The van der Waals surface area contributed by atoms with Crippen molar-refractivity contribution in [2.45, 2.75) is 45.7 Å². The van der Waals surface area contributed by atoms with Crippen molar-refractivity contribution in [2.24, 2.45) is 11.8 Å². The zero-order valence-corrected chi connectivity index (χ0v) is 18.7. The molecule has 1 saturated carbocycles. The maximum atomic E-state index is 12.5.